The molecule has 4 heteroatoms. The van der Waals surface area contributed by atoms with Crippen LogP contribution in [0.3, 0.4) is 0 Å². The lowest BCUT2D eigenvalue weighted by Crippen LogP contribution is -2.29. The first-order valence-corrected chi connectivity index (χ1v) is 23.2. The number of para-hydroxylation sites is 2. The van der Waals surface area contributed by atoms with Crippen LogP contribution in [0.4, 0.5) is 0 Å². The number of nitrogens with zero attached hydrogens (tertiary/aromatic N) is 3. The second-order valence-electron chi connectivity index (χ2n) is 17.8. The Morgan fingerprint density at radius 1 is 0.279 bits per heavy atom. The Morgan fingerprint density at radius 3 is 1.35 bits per heavy atom. The van der Waals surface area contributed by atoms with Gasteiger partial charge in [-0.15, -0.1) is 0 Å². The van der Waals surface area contributed by atoms with Crippen molar-refractivity contribution in [3.8, 4) is 89.8 Å². The molecule has 0 fully saturated rings. The van der Waals surface area contributed by atoms with Gasteiger partial charge < -0.3 is 4.42 Å². The highest BCUT2D eigenvalue weighted by Crippen LogP contribution is 2.62. The predicted molar refractivity (Wildman–Crippen MR) is 276 cm³/mol. The molecule has 0 amide bonds. The fourth-order valence-corrected chi connectivity index (χ4v) is 11.3. The normalized spacial score (nSPS) is 12.8. The first kappa shape index (κ1) is 38.3. The summed E-state index contributed by atoms with van der Waals surface area (Å²) in [5.74, 6) is 1.71. The molecule has 0 saturated heterocycles. The summed E-state index contributed by atoms with van der Waals surface area (Å²) in [6, 6.07) is 84.7. The minimum absolute atomic E-state index is 0.542. The zero-order chi connectivity index (χ0) is 44.8. The van der Waals surface area contributed by atoms with E-state index in [2.05, 4.69) is 224 Å². The van der Waals surface area contributed by atoms with E-state index in [9.17, 15) is 0 Å². The summed E-state index contributed by atoms with van der Waals surface area (Å²) in [7, 11) is 0. The van der Waals surface area contributed by atoms with Crippen molar-refractivity contribution in [2.24, 2.45) is 0 Å². The molecule has 2 aliphatic rings. The van der Waals surface area contributed by atoms with Crippen LogP contribution in [-0.2, 0) is 5.41 Å². The SMILES string of the molecule is c1ccc(-c2cc(-c3ccccc3)cc(-c3nc(-c4cccc5c4-c4ccccc4C54c5ccccc5-c5ccccc5-c5ccccc54)nc(-c4cccc5c4oc4ccccc45)n3)c2)cc1. The lowest BCUT2D eigenvalue weighted by atomic mass is 9.66. The Labute approximate surface area is 393 Å². The number of rotatable bonds is 5. The van der Waals surface area contributed by atoms with Crippen LogP contribution in [0.25, 0.3) is 112 Å². The molecule has 0 aliphatic heterocycles. The molecule has 2 aliphatic carbocycles. The van der Waals surface area contributed by atoms with E-state index >= 15 is 0 Å². The second-order valence-corrected chi connectivity index (χ2v) is 17.8. The van der Waals surface area contributed by atoms with E-state index in [0.29, 0.717) is 17.5 Å². The minimum Gasteiger partial charge on any atom is -0.455 e. The van der Waals surface area contributed by atoms with E-state index in [1.807, 2.05) is 12.1 Å². The summed E-state index contributed by atoms with van der Waals surface area (Å²) < 4.78 is 6.68. The standard InChI is InChI=1S/C64H39N3O/c1-3-19-40(20-4-1)42-37-43(41-21-5-2-6-22-41)39-44(38-42)61-65-62(67-63(66-61)53-31-17-29-50-49-27-12-16-36-58(49)68-60(50)53)52-30-18-35-57-59(52)51-28-11-15-34-56(51)64(57)54-32-13-9-25-47(54)45-23-7-8-24-46(45)48-26-10-14-33-55(48)64/h1-39H. The largest absolute Gasteiger partial charge is 0.455 e. The van der Waals surface area contributed by atoms with Crippen LogP contribution in [0.5, 0.6) is 0 Å². The maximum Gasteiger partial charge on any atom is 0.167 e. The summed E-state index contributed by atoms with van der Waals surface area (Å²) in [5, 5.41) is 2.07. The van der Waals surface area contributed by atoms with Crippen LogP contribution in [0, 0.1) is 0 Å². The molecule has 0 radical (unpaired) electrons. The molecule has 1 spiro atoms. The van der Waals surface area contributed by atoms with Gasteiger partial charge in [0.25, 0.3) is 0 Å². The molecule has 316 valence electrons. The number of hydrogen-bond donors (Lipinski definition) is 0. The average molecular weight is 866 g/mol. The third-order valence-corrected chi connectivity index (χ3v) is 14.2. The molecule has 2 aromatic heterocycles. The van der Waals surface area contributed by atoms with Gasteiger partial charge in [-0.05, 0) is 108 Å². The van der Waals surface area contributed by atoms with Crippen LogP contribution in [0.1, 0.15) is 22.3 Å². The number of hydrogen-bond acceptors (Lipinski definition) is 4. The Morgan fingerprint density at radius 2 is 0.706 bits per heavy atom. The van der Waals surface area contributed by atoms with Crippen molar-refractivity contribution < 1.29 is 4.42 Å². The monoisotopic (exact) mass is 865 g/mol. The quantitative estimate of drug-likeness (QED) is 0.173. The second kappa shape index (κ2) is 15.0. The highest BCUT2D eigenvalue weighted by atomic mass is 16.3. The van der Waals surface area contributed by atoms with Crippen molar-refractivity contribution >= 4 is 21.9 Å². The average Bonchev–Trinajstić information content (AvgIpc) is 3.92. The Balaban J connectivity index is 1.07. The van der Waals surface area contributed by atoms with E-state index < -0.39 is 5.41 Å². The van der Waals surface area contributed by atoms with Crippen molar-refractivity contribution in [2.45, 2.75) is 5.41 Å². The molecule has 0 N–H and O–H groups in total. The Hall–Kier alpha value is -8.99. The zero-order valence-corrected chi connectivity index (χ0v) is 36.8. The molecule has 0 bridgehead atoms. The van der Waals surface area contributed by atoms with Gasteiger partial charge in [-0.2, -0.15) is 0 Å². The molecule has 2 heterocycles. The van der Waals surface area contributed by atoms with Gasteiger partial charge in [-0.25, -0.2) is 15.0 Å². The number of benzene rings is 10. The van der Waals surface area contributed by atoms with Crippen molar-refractivity contribution in [1.82, 2.24) is 15.0 Å². The molecular weight excluding hydrogens is 827 g/mol. The minimum atomic E-state index is -0.651. The van der Waals surface area contributed by atoms with Crippen molar-refractivity contribution in [2.75, 3.05) is 0 Å². The molecule has 68 heavy (non-hydrogen) atoms. The van der Waals surface area contributed by atoms with Gasteiger partial charge in [0.15, 0.2) is 17.5 Å². The number of aromatic nitrogens is 3. The van der Waals surface area contributed by atoms with Gasteiger partial charge in [-0.1, -0.05) is 206 Å². The van der Waals surface area contributed by atoms with Gasteiger partial charge in [0.2, 0.25) is 0 Å². The van der Waals surface area contributed by atoms with Crippen LogP contribution >= 0.6 is 0 Å². The van der Waals surface area contributed by atoms with Gasteiger partial charge in [-0.3, -0.25) is 0 Å². The summed E-state index contributed by atoms with van der Waals surface area (Å²) in [6.45, 7) is 0. The van der Waals surface area contributed by atoms with Crippen LogP contribution in [0.2, 0.25) is 0 Å². The summed E-state index contributed by atoms with van der Waals surface area (Å²) in [4.78, 5) is 16.5. The van der Waals surface area contributed by atoms with E-state index in [0.717, 1.165) is 72.0 Å². The maximum absolute atomic E-state index is 6.68. The van der Waals surface area contributed by atoms with Crippen molar-refractivity contribution in [3.63, 3.8) is 0 Å². The Kier molecular flexibility index (Phi) is 8.46. The van der Waals surface area contributed by atoms with Crippen molar-refractivity contribution in [3.05, 3.63) is 259 Å². The van der Waals surface area contributed by atoms with E-state index in [-0.39, 0.29) is 0 Å². The van der Waals surface area contributed by atoms with Gasteiger partial charge in [0, 0.05) is 21.9 Å². The van der Waals surface area contributed by atoms with E-state index in [1.54, 1.807) is 0 Å². The fourth-order valence-electron chi connectivity index (χ4n) is 11.3. The van der Waals surface area contributed by atoms with Gasteiger partial charge >= 0.3 is 0 Å². The lowest BCUT2D eigenvalue weighted by molar-refractivity contribution is 0.669. The van der Waals surface area contributed by atoms with E-state index in [1.165, 1.54) is 44.5 Å². The number of furan rings is 1. The summed E-state index contributed by atoms with van der Waals surface area (Å²) in [6.07, 6.45) is 0. The third-order valence-electron chi connectivity index (χ3n) is 14.2. The highest BCUT2D eigenvalue weighted by molar-refractivity contribution is 6.09. The fraction of sp³-hybridized carbons (Fsp3) is 0.0156. The molecule has 0 atom stereocenters. The molecule has 0 saturated carbocycles. The molecular formula is C64H39N3O. The summed E-state index contributed by atoms with van der Waals surface area (Å²) >= 11 is 0. The summed E-state index contributed by atoms with van der Waals surface area (Å²) in [5.41, 5.74) is 20.1. The van der Waals surface area contributed by atoms with Crippen LogP contribution in [0.15, 0.2) is 241 Å². The lowest BCUT2D eigenvalue weighted by Gasteiger charge is -2.35. The molecule has 4 nitrogen and oxygen atoms in total. The molecule has 0 unspecified atom stereocenters. The number of fused-ring (bicyclic) bond motifs is 15. The predicted octanol–water partition coefficient (Wildman–Crippen LogP) is 16.1. The topological polar surface area (TPSA) is 51.8 Å². The Bertz CT molecular complexity index is 3860. The van der Waals surface area contributed by atoms with Crippen LogP contribution < -0.4 is 0 Å². The first-order valence-electron chi connectivity index (χ1n) is 23.2. The molecule has 14 rings (SSSR count). The smallest absolute Gasteiger partial charge is 0.167 e. The molecule has 10 aromatic carbocycles. The third kappa shape index (κ3) is 5.64. The maximum atomic E-state index is 6.68. The van der Waals surface area contributed by atoms with E-state index in [4.69, 9.17) is 19.4 Å². The van der Waals surface area contributed by atoms with Gasteiger partial charge in [0.1, 0.15) is 11.2 Å². The zero-order valence-electron chi connectivity index (χ0n) is 36.8. The van der Waals surface area contributed by atoms with Crippen molar-refractivity contribution in [1.29, 1.82) is 0 Å². The molecule has 12 aromatic rings. The van der Waals surface area contributed by atoms with Crippen LogP contribution in [-0.4, -0.2) is 15.0 Å². The first-order chi connectivity index (χ1) is 33.7. The van der Waals surface area contributed by atoms with Gasteiger partial charge in [0.05, 0.1) is 11.0 Å². The highest BCUT2D eigenvalue weighted by Gasteiger charge is 2.50.